The predicted octanol–water partition coefficient (Wildman–Crippen LogP) is 2.77. The average molecular weight is 364 g/mol. The van der Waals surface area contributed by atoms with E-state index in [1.807, 2.05) is 13.0 Å². The number of pyridine rings is 1. The van der Waals surface area contributed by atoms with Crippen LogP contribution in [0.15, 0.2) is 47.3 Å². The molecule has 0 radical (unpaired) electrons. The molecule has 1 atom stereocenters. The number of aromatic carboxylic acids is 1. The second-order valence-electron chi connectivity index (χ2n) is 6.60. The van der Waals surface area contributed by atoms with Crippen LogP contribution in [-0.2, 0) is 6.42 Å². The SMILES string of the molecule is CC1Cc2cccc3c(O)c(C(=O)Nc4ccc(C(=O)O)cc4)c(=O)n1c23. The molecule has 3 aromatic rings. The molecule has 0 saturated heterocycles. The molecule has 0 saturated carbocycles. The number of hydrogen-bond acceptors (Lipinski definition) is 4. The number of carbonyl (C=O) groups excluding carboxylic acids is 1. The third-order valence-electron chi connectivity index (χ3n) is 4.86. The Hall–Kier alpha value is -3.61. The lowest BCUT2D eigenvalue weighted by Crippen LogP contribution is -2.30. The van der Waals surface area contributed by atoms with Crippen molar-refractivity contribution in [3.63, 3.8) is 0 Å². The van der Waals surface area contributed by atoms with Gasteiger partial charge in [-0.15, -0.1) is 0 Å². The van der Waals surface area contributed by atoms with Crippen molar-refractivity contribution in [2.24, 2.45) is 0 Å². The number of carbonyl (C=O) groups is 2. The molecule has 7 nitrogen and oxygen atoms in total. The van der Waals surface area contributed by atoms with Gasteiger partial charge in [0.05, 0.1) is 11.1 Å². The maximum absolute atomic E-state index is 12.9. The number of benzene rings is 2. The van der Waals surface area contributed by atoms with Crippen LogP contribution in [0.5, 0.6) is 5.75 Å². The van der Waals surface area contributed by atoms with Gasteiger partial charge in [-0.1, -0.05) is 12.1 Å². The molecule has 7 heteroatoms. The third kappa shape index (κ3) is 2.55. The number of carboxylic acid groups (broad SMARTS) is 1. The van der Waals surface area contributed by atoms with Gasteiger partial charge in [-0.25, -0.2) is 4.79 Å². The van der Waals surface area contributed by atoms with Crippen LogP contribution in [0.25, 0.3) is 10.9 Å². The Kier molecular flexibility index (Phi) is 3.73. The molecule has 3 N–H and O–H groups in total. The summed E-state index contributed by atoms with van der Waals surface area (Å²) in [7, 11) is 0. The topological polar surface area (TPSA) is 109 Å². The Balaban J connectivity index is 1.79. The van der Waals surface area contributed by atoms with Crippen LogP contribution in [0.1, 0.15) is 39.2 Å². The van der Waals surface area contributed by atoms with Gasteiger partial charge in [0.1, 0.15) is 11.3 Å². The molecule has 1 amide bonds. The van der Waals surface area contributed by atoms with E-state index in [1.54, 1.807) is 16.7 Å². The highest BCUT2D eigenvalue weighted by Crippen LogP contribution is 2.36. The minimum absolute atomic E-state index is 0.0798. The van der Waals surface area contributed by atoms with E-state index in [1.165, 1.54) is 24.3 Å². The number of nitrogens with one attached hydrogen (secondary N) is 1. The molecule has 0 fully saturated rings. The normalized spacial score (nSPS) is 15.1. The molecule has 27 heavy (non-hydrogen) atoms. The number of amides is 1. The van der Waals surface area contributed by atoms with E-state index < -0.39 is 17.4 Å². The molecule has 2 aromatic carbocycles. The van der Waals surface area contributed by atoms with Gasteiger partial charge in [-0.2, -0.15) is 0 Å². The molecule has 1 unspecified atom stereocenters. The van der Waals surface area contributed by atoms with Crippen LogP contribution in [0.4, 0.5) is 5.69 Å². The van der Waals surface area contributed by atoms with E-state index >= 15 is 0 Å². The zero-order valence-electron chi connectivity index (χ0n) is 14.4. The lowest BCUT2D eigenvalue weighted by Gasteiger charge is -2.14. The highest BCUT2D eigenvalue weighted by atomic mass is 16.4. The van der Waals surface area contributed by atoms with E-state index in [2.05, 4.69) is 5.32 Å². The highest BCUT2D eigenvalue weighted by molar-refractivity contribution is 6.09. The number of rotatable bonds is 3. The fourth-order valence-electron chi connectivity index (χ4n) is 3.61. The van der Waals surface area contributed by atoms with Gasteiger partial charge in [0.15, 0.2) is 0 Å². The van der Waals surface area contributed by atoms with Crippen molar-refractivity contribution in [2.75, 3.05) is 5.32 Å². The summed E-state index contributed by atoms with van der Waals surface area (Å²) in [6.07, 6.45) is 0.660. The maximum atomic E-state index is 12.9. The number of hydrogen-bond donors (Lipinski definition) is 3. The van der Waals surface area contributed by atoms with E-state index in [4.69, 9.17) is 5.11 Å². The minimum atomic E-state index is -1.08. The molecule has 136 valence electrons. The van der Waals surface area contributed by atoms with E-state index in [0.717, 1.165) is 5.56 Å². The largest absolute Gasteiger partial charge is 0.506 e. The number of carboxylic acids is 1. The molecule has 0 bridgehead atoms. The summed E-state index contributed by atoms with van der Waals surface area (Å²) < 4.78 is 1.55. The van der Waals surface area contributed by atoms with Gasteiger partial charge in [-0.3, -0.25) is 9.59 Å². The zero-order valence-corrected chi connectivity index (χ0v) is 14.4. The van der Waals surface area contributed by atoms with Crippen LogP contribution >= 0.6 is 0 Å². The summed E-state index contributed by atoms with van der Waals surface area (Å²) in [5.41, 5.74) is 1.16. The Morgan fingerprint density at radius 1 is 1.15 bits per heavy atom. The highest BCUT2D eigenvalue weighted by Gasteiger charge is 2.29. The number of anilines is 1. The third-order valence-corrected chi connectivity index (χ3v) is 4.86. The first-order valence-electron chi connectivity index (χ1n) is 8.42. The molecule has 1 aliphatic rings. The van der Waals surface area contributed by atoms with Crippen LogP contribution in [0.2, 0.25) is 0 Å². The predicted molar refractivity (Wildman–Crippen MR) is 99.6 cm³/mol. The van der Waals surface area contributed by atoms with Crippen molar-refractivity contribution < 1.29 is 19.8 Å². The summed E-state index contributed by atoms with van der Waals surface area (Å²) >= 11 is 0. The van der Waals surface area contributed by atoms with Crippen molar-refractivity contribution in [3.8, 4) is 5.75 Å². The first-order chi connectivity index (χ1) is 12.9. The molecule has 1 aromatic heterocycles. The van der Waals surface area contributed by atoms with Gasteiger partial charge in [0.25, 0.3) is 11.5 Å². The minimum Gasteiger partial charge on any atom is -0.506 e. The summed E-state index contributed by atoms with van der Waals surface area (Å²) in [5.74, 6) is -2.16. The molecule has 0 aliphatic carbocycles. The summed E-state index contributed by atoms with van der Waals surface area (Å²) in [6, 6.07) is 10.8. The van der Waals surface area contributed by atoms with Crippen molar-refractivity contribution in [3.05, 3.63) is 69.5 Å². The second kappa shape index (κ2) is 5.98. The van der Waals surface area contributed by atoms with Crippen LogP contribution in [0, 0.1) is 0 Å². The van der Waals surface area contributed by atoms with E-state index in [-0.39, 0.29) is 22.9 Å². The Morgan fingerprint density at radius 2 is 1.85 bits per heavy atom. The Morgan fingerprint density at radius 3 is 2.52 bits per heavy atom. The van der Waals surface area contributed by atoms with Crippen LogP contribution in [-0.4, -0.2) is 26.7 Å². The lowest BCUT2D eigenvalue weighted by atomic mass is 10.1. The first kappa shape index (κ1) is 16.8. The van der Waals surface area contributed by atoms with Gasteiger partial charge < -0.3 is 20.1 Å². The number of nitrogens with zero attached hydrogens (tertiary/aromatic N) is 1. The monoisotopic (exact) mass is 364 g/mol. The molecular weight excluding hydrogens is 348 g/mol. The molecule has 1 aliphatic heterocycles. The molecule has 0 spiro atoms. The standard InChI is InChI=1S/C20H16N2O5/c1-10-9-12-3-2-4-14-16(12)22(10)19(25)15(17(14)23)18(24)21-13-7-5-11(6-8-13)20(26)27/h2-8,10,23H,9H2,1H3,(H,21,24)(H,26,27). The first-order valence-corrected chi connectivity index (χ1v) is 8.42. The molecule has 4 rings (SSSR count). The van der Waals surface area contributed by atoms with Crippen molar-refractivity contribution in [2.45, 2.75) is 19.4 Å². The van der Waals surface area contributed by atoms with Crippen molar-refractivity contribution in [1.82, 2.24) is 4.57 Å². The van der Waals surface area contributed by atoms with Gasteiger partial charge in [0, 0.05) is 17.1 Å². The van der Waals surface area contributed by atoms with E-state index in [0.29, 0.717) is 23.0 Å². The smallest absolute Gasteiger partial charge is 0.335 e. The number of para-hydroxylation sites is 1. The Labute approximate surface area is 153 Å². The average Bonchev–Trinajstić information content (AvgIpc) is 2.97. The number of aromatic hydroxyl groups is 1. The van der Waals surface area contributed by atoms with Crippen LogP contribution < -0.4 is 10.9 Å². The van der Waals surface area contributed by atoms with E-state index in [9.17, 15) is 19.5 Å². The second-order valence-corrected chi connectivity index (χ2v) is 6.60. The lowest BCUT2D eigenvalue weighted by molar-refractivity contribution is 0.0696. The summed E-state index contributed by atoms with van der Waals surface area (Å²) in [6.45, 7) is 1.89. The van der Waals surface area contributed by atoms with Crippen molar-refractivity contribution in [1.29, 1.82) is 0 Å². The fourth-order valence-corrected chi connectivity index (χ4v) is 3.61. The van der Waals surface area contributed by atoms with Crippen molar-refractivity contribution >= 4 is 28.5 Å². The maximum Gasteiger partial charge on any atom is 0.335 e. The zero-order chi connectivity index (χ0) is 19.3. The number of aromatic nitrogens is 1. The fraction of sp³-hybridized carbons (Fsp3) is 0.150. The Bertz CT molecular complexity index is 1160. The van der Waals surface area contributed by atoms with Gasteiger partial charge in [0.2, 0.25) is 0 Å². The summed E-state index contributed by atoms with van der Waals surface area (Å²) in [4.78, 5) is 36.5. The summed E-state index contributed by atoms with van der Waals surface area (Å²) in [5, 5.41) is 22.5. The van der Waals surface area contributed by atoms with Crippen LogP contribution in [0.3, 0.4) is 0 Å². The van der Waals surface area contributed by atoms with Gasteiger partial charge in [-0.05, 0) is 49.2 Å². The van der Waals surface area contributed by atoms with Gasteiger partial charge >= 0.3 is 5.97 Å². The molecule has 2 heterocycles. The quantitative estimate of drug-likeness (QED) is 0.662. The molecular formula is C20H16N2O5.